The van der Waals surface area contributed by atoms with E-state index < -0.39 is 12.0 Å². The Hall–Kier alpha value is -1.30. The van der Waals surface area contributed by atoms with Crippen LogP contribution in [0.2, 0.25) is 0 Å². The molecule has 1 unspecified atom stereocenters. The molecule has 1 atom stereocenters. The summed E-state index contributed by atoms with van der Waals surface area (Å²) >= 11 is 0. The molecule has 0 aromatic rings. The summed E-state index contributed by atoms with van der Waals surface area (Å²) in [4.78, 5) is 24.8. The Morgan fingerprint density at radius 1 is 1.21 bits per heavy atom. The highest BCUT2D eigenvalue weighted by Gasteiger charge is 2.25. The highest BCUT2D eigenvalue weighted by Crippen LogP contribution is 2.09. The molecule has 0 aliphatic carbocycles. The van der Waals surface area contributed by atoms with E-state index in [1.165, 1.54) is 0 Å². The summed E-state index contributed by atoms with van der Waals surface area (Å²) in [5.74, 6) is -1.01. The SMILES string of the molecule is CCC(NC(=O)N(CCOC)C(CC)CC)C(=O)O. The molecule has 0 heterocycles. The molecule has 112 valence electrons. The first-order valence-corrected chi connectivity index (χ1v) is 6.80. The lowest BCUT2D eigenvalue weighted by molar-refractivity contribution is -0.139. The van der Waals surface area contributed by atoms with Crippen LogP contribution in [0.1, 0.15) is 40.0 Å². The van der Waals surface area contributed by atoms with E-state index in [0.29, 0.717) is 19.6 Å². The minimum absolute atomic E-state index is 0.0986. The lowest BCUT2D eigenvalue weighted by Gasteiger charge is -2.31. The second-order valence-corrected chi connectivity index (χ2v) is 4.41. The fraction of sp³-hybridized carbons (Fsp3) is 0.846. The van der Waals surface area contributed by atoms with Gasteiger partial charge < -0.3 is 20.1 Å². The third-order valence-corrected chi connectivity index (χ3v) is 3.18. The minimum Gasteiger partial charge on any atom is -0.480 e. The molecule has 0 bridgehead atoms. The molecule has 0 aliphatic rings. The van der Waals surface area contributed by atoms with Crippen LogP contribution in [0.4, 0.5) is 4.79 Å². The number of hydrogen-bond donors (Lipinski definition) is 2. The highest BCUT2D eigenvalue weighted by atomic mass is 16.5. The molecule has 0 rings (SSSR count). The highest BCUT2D eigenvalue weighted by molar-refractivity contribution is 5.82. The van der Waals surface area contributed by atoms with Crippen molar-refractivity contribution in [1.29, 1.82) is 0 Å². The zero-order valence-electron chi connectivity index (χ0n) is 12.3. The van der Waals surface area contributed by atoms with Gasteiger partial charge in [0.1, 0.15) is 6.04 Å². The summed E-state index contributed by atoms with van der Waals surface area (Å²) < 4.78 is 5.00. The number of rotatable bonds is 9. The predicted octanol–water partition coefficient (Wildman–Crippen LogP) is 1.70. The number of carboxylic acids is 1. The molecule has 0 radical (unpaired) electrons. The molecule has 2 amide bonds. The molecule has 6 nitrogen and oxygen atoms in total. The molecule has 2 N–H and O–H groups in total. The molecule has 0 saturated carbocycles. The number of urea groups is 1. The van der Waals surface area contributed by atoms with E-state index in [2.05, 4.69) is 5.32 Å². The van der Waals surface area contributed by atoms with Gasteiger partial charge in [0.2, 0.25) is 0 Å². The first kappa shape index (κ1) is 17.7. The second-order valence-electron chi connectivity index (χ2n) is 4.41. The normalized spacial score (nSPS) is 12.3. The van der Waals surface area contributed by atoms with Gasteiger partial charge in [-0.2, -0.15) is 0 Å². The van der Waals surface area contributed by atoms with Gasteiger partial charge in [0, 0.05) is 19.7 Å². The van der Waals surface area contributed by atoms with E-state index in [-0.39, 0.29) is 12.1 Å². The summed E-state index contributed by atoms with van der Waals surface area (Å²) in [6.45, 7) is 6.65. The number of carbonyl (C=O) groups is 2. The summed E-state index contributed by atoms with van der Waals surface area (Å²) in [5.41, 5.74) is 0. The fourth-order valence-electron chi connectivity index (χ4n) is 1.94. The molecule has 0 aromatic heterocycles. The van der Waals surface area contributed by atoms with Crippen molar-refractivity contribution in [3.8, 4) is 0 Å². The number of carboxylic acid groups (broad SMARTS) is 1. The molecule has 19 heavy (non-hydrogen) atoms. The van der Waals surface area contributed by atoms with E-state index in [1.54, 1.807) is 18.9 Å². The Kier molecular flexibility index (Phi) is 8.95. The third-order valence-electron chi connectivity index (χ3n) is 3.18. The number of ether oxygens (including phenoxy) is 1. The van der Waals surface area contributed by atoms with Gasteiger partial charge in [-0.1, -0.05) is 20.8 Å². The van der Waals surface area contributed by atoms with E-state index >= 15 is 0 Å². The number of aliphatic carboxylic acids is 1. The maximum Gasteiger partial charge on any atom is 0.326 e. The molecular weight excluding hydrogens is 248 g/mol. The monoisotopic (exact) mass is 274 g/mol. The van der Waals surface area contributed by atoms with Gasteiger partial charge in [0.15, 0.2) is 0 Å². The summed E-state index contributed by atoms with van der Waals surface area (Å²) in [5, 5.41) is 11.5. The Bertz CT molecular complexity index is 280. The molecule has 6 heteroatoms. The minimum atomic E-state index is -1.01. The summed E-state index contributed by atoms with van der Waals surface area (Å²) in [6, 6.07) is -1.08. The molecule has 0 aliphatic heterocycles. The van der Waals surface area contributed by atoms with Crippen LogP contribution in [0.5, 0.6) is 0 Å². The number of hydrogen-bond acceptors (Lipinski definition) is 3. The van der Waals surface area contributed by atoms with Gasteiger partial charge in [-0.15, -0.1) is 0 Å². The zero-order chi connectivity index (χ0) is 14.8. The lowest BCUT2D eigenvalue weighted by Crippen LogP contribution is -2.52. The summed E-state index contributed by atoms with van der Waals surface area (Å²) in [7, 11) is 1.58. The van der Waals surface area contributed by atoms with Gasteiger partial charge in [-0.3, -0.25) is 0 Å². The smallest absolute Gasteiger partial charge is 0.326 e. The van der Waals surface area contributed by atoms with Gasteiger partial charge in [0.25, 0.3) is 0 Å². The number of methoxy groups -OCH3 is 1. The Balaban J connectivity index is 4.73. The van der Waals surface area contributed by atoms with E-state index in [9.17, 15) is 9.59 Å². The van der Waals surface area contributed by atoms with E-state index in [1.807, 2.05) is 13.8 Å². The average molecular weight is 274 g/mol. The van der Waals surface area contributed by atoms with Crippen LogP contribution in [0.15, 0.2) is 0 Å². The van der Waals surface area contributed by atoms with Crippen LogP contribution in [0.25, 0.3) is 0 Å². The van der Waals surface area contributed by atoms with Crippen molar-refractivity contribution in [1.82, 2.24) is 10.2 Å². The fourth-order valence-corrected chi connectivity index (χ4v) is 1.94. The maximum absolute atomic E-state index is 12.2. The quantitative estimate of drug-likeness (QED) is 0.670. The van der Waals surface area contributed by atoms with Crippen molar-refractivity contribution >= 4 is 12.0 Å². The third kappa shape index (κ3) is 5.92. The van der Waals surface area contributed by atoms with Crippen molar-refractivity contribution in [2.45, 2.75) is 52.1 Å². The zero-order valence-corrected chi connectivity index (χ0v) is 12.3. The van der Waals surface area contributed by atoms with Crippen LogP contribution in [0.3, 0.4) is 0 Å². The molecule has 0 spiro atoms. The van der Waals surface area contributed by atoms with Crippen LogP contribution in [-0.4, -0.2) is 54.4 Å². The molecule has 0 aromatic carbocycles. The van der Waals surface area contributed by atoms with Crippen molar-refractivity contribution in [3.05, 3.63) is 0 Å². The van der Waals surface area contributed by atoms with Crippen LogP contribution >= 0.6 is 0 Å². The number of nitrogens with zero attached hydrogens (tertiary/aromatic N) is 1. The first-order chi connectivity index (χ1) is 9.01. The molecule has 0 saturated heterocycles. The number of carbonyl (C=O) groups excluding carboxylic acids is 1. The Morgan fingerprint density at radius 3 is 2.16 bits per heavy atom. The van der Waals surface area contributed by atoms with Gasteiger partial charge in [0.05, 0.1) is 6.61 Å². The van der Waals surface area contributed by atoms with Gasteiger partial charge in [-0.25, -0.2) is 9.59 Å². The van der Waals surface area contributed by atoms with Crippen molar-refractivity contribution in [2.24, 2.45) is 0 Å². The number of nitrogens with one attached hydrogen (secondary N) is 1. The first-order valence-electron chi connectivity index (χ1n) is 6.80. The Labute approximate surface area is 115 Å². The average Bonchev–Trinajstić information content (AvgIpc) is 2.40. The second kappa shape index (κ2) is 9.61. The standard InChI is InChI=1S/C13H26N2O4/c1-5-10(6-2)15(8-9-19-4)13(18)14-11(7-3)12(16)17/h10-11H,5-9H2,1-4H3,(H,14,18)(H,16,17). The predicted molar refractivity (Wildman–Crippen MR) is 73.2 cm³/mol. The maximum atomic E-state index is 12.2. The van der Waals surface area contributed by atoms with Crippen molar-refractivity contribution < 1.29 is 19.4 Å². The van der Waals surface area contributed by atoms with Crippen LogP contribution < -0.4 is 5.32 Å². The van der Waals surface area contributed by atoms with Crippen molar-refractivity contribution in [3.63, 3.8) is 0 Å². The van der Waals surface area contributed by atoms with Gasteiger partial charge in [-0.05, 0) is 19.3 Å². The number of amides is 2. The topological polar surface area (TPSA) is 78.9 Å². The molecule has 0 fully saturated rings. The van der Waals surface area contributed by atoms with Crippen molar-refractivity contribution in [2.75, 3.05) is 20.3 Å². The summed E-state index contributed by atoms with van der Waals surface area (Å²) in [6.07, 6.45) is 2.02. The Morgan fingerprint density at radius 2 is 1.79 bits per heavy atom. The van der Waals surface area contributed by atoms with Crippen LogP contribution in [-0.2, 0) is 9.53 Å². The van der Waals surface area contributed by atoms with E-state index in [0.717, 1.165) is 12.8 Å². The lowest BCUT2D eigenvalue weighted by atomic mass is 10.1. The van der Waals surface area contributed by atoms with E-state index in [4.69, 9.17) is 9.84 Å². The largest absolute Gasteiger partial charge is 0.480 e. The van der Waals surface area contributed by atoms with Gasteiger partial charge >= 0.3 is 12.0 Å². The molecular formula is C13H26N2O4. The van der Waals surface area contributed by atoms with Crippen LogP contribution in [0, 0.1) is 0 Å².